The van der Waals surface area contributed by atoms with Crippen LogP contribution in [0.5, 0.6) is 0 Å². The molecule has 0 spiro atoms. The van der Waals surface area contributed by atoms with Crippen molar-refractivity contribution >= 4 is 17.6 Å². The van der Waals surface area contributed by atoms with E-state index >= 15 is 0 Å². The summed E-state index contributed by atoms with van der Waals surface area (Å²) >= 11 is 5.92. The third-order valence-electron chi connectivity index (χ3n) is 2.65. The molecule has 1 atom stereocenters. The zero-order chi connectivity index (χ0) is 15.2. The quantitative estimate of drug-likeness (QED) is 0.783. The van der Waals surface area contributed by atoms with E-state index in [1.165, 1.54) is 0 Å². The molecule has 0 aromatic heterocycles. The number of benzene rings is 1. The predicted molar refractivity (Wildman–Crippen MR) is 67.8 cm³/mol. The number of rotatable bonds is 7. The molecule has 20 heavy (non-hydrogen) atoms. The van der Waals surface area contributed by atoms with Gasteiger partial charge in [0, 0.05) is 11.6 Å². The molecule has 0 saturated heterocycles. The Balaban J connectivity index is 2.50. The minimum absolute atomic E-state index is 0.00334. The van der Waals surface area contributed by atoms with Crippen LogP contribution in [0.2, 0.25) is 5.02 Å². The number of hydrogen-bond donors (Lipinski definition) is 1. The van der Waals surface area contributed by atoms with Crippen molar-refractivity contribution in [2.45, 2.75) is 19.0 Å². The van der Waals surface area contributed by atoms with Crippen LogP contribution in [0.15, 0.2) is 24.3 Å². The molecule has 0 aliphatic carbocycles. The molecular formula is C13H14ClF3O3. The molecule has 0 amide bonds. The van der Waals surface area contributed by atoms with Crippen molar-refractivity contribution in [1.29, 1.82) is 0 Å². The third kappa shape index (κ3) is 6.25. The second-order valence-corrected chi connectivity index (χ2v) is 4.69. The van der Waals surface area contributed by atoms with E-state index in [-0.39, 0.29) is 19.4 Å². The molecule has 0 fully saturated rings. The summed E-state index contributed by atoms with van der Waals surface area (Å²) in [6.07, 6.45) is -4.25. The summed E-state index contributed by atoms with van der Waals surface area (Å²) in [5.41, 5.74) is 0.650. The monoisotopic (exact) mass is 310 g/mol. The predicted octanol–water partition coefficient (Wildman–Crippen LogP) is 3.55. The normalized spacial score (nSPS) is 13.2. The Morgan fingerprint density at radius 3 is 2.55 bits per heavy atom. The maximum Gasteiger partial charge on any atom is 0.411 e. The fraction of sp³-hybridized carbons (Fsp3) is 0.462. The van der Waals surface area contributed by atoms with Crippen molar-refractivity contribution < 1.29 is 27.8 Å². The van der Waals surface area contributed by atoms with Gasteiger partial charge in [0.05, 0.1) is 5.92 Å². The Bertz CT molecular complexity index is 449. The van der Waals surface area contributed by atoms with Gasteiger partial charge in [0.1, 0.15) is 6.61 Å². The first-order valence-electron chi connectivity index (χ1n) is 5.90. The SMILES string of the molecule is O=C(O)C(CCOCC(F)(F)F)Cc1ccccc1Cl. The summed E-state index contributed by atoms with van der Waals surface area (Å²) in [5.74, 6) is -1.91. The summed E-state index contributed by atoms with van der Waals surface area (Å²) in [6.45, 7) is -1.63. The van der Waals surface area contributed by atoms with Crippen molar-refractivity contribution in [3.8, 4) is 0 Å². The molecule has 1 rings (SSSR count). The number of carboxylic acid groups (broad SMARTS) is 1. The van der Waals surface area contributed by atoms with E-state index < -0.39 is 24.7 Å². The van der Waals surface area contributed by atoms with Crippen LogP contribution in [0.1, 0.15) is 12.0 Å². The maximum absolute atomic E-state index is 11.9. The molecule has 1 N–H and O–H groups in total. The zero-order valence-corrected chi connectivity index (χ0v) is 11.2. The average molecular weight is 311 g/mol. The zero-order valence-electron chi connectivity index (χ0n) is 10.5. The van der Waals surface area contributed by atoms with Gasteiger partial charge in [-0.25, -0.2) is 0 Å². The van der Waals surface area contributed by atoms with Crippen molar-refractivity contribution in [2.24, 2.45) is 5.92 Å². The molecule has 0 heterocycles. The number of hydrogen-bond acceptors (Lipinski definition) is 2. The Labute approximate surface area is 119 Å². The van der Waals surface area contributed by atoms with Gasteiger partial charge in [0.15, 0.2) is 0 Å². The van der Waals surface area contributed by atoms with Gasteiger partial charge >= 0.3 is 12.1 Å². The van der Waals surface area contributed by atoms with Crippen molar-refractivity contribution in [2.75, 3.05) is 13.2 Å². The van der Waals surface area contributed by atoms with E-state index in [9.17, 15) is 18.0 Å². The molecule has 1 aromatic rings. The van der Waals surface area contributed by atoms with Crippen molar-refractivity contribution in [3.63, 3.8) is 0 Å². The van der Waals surface area contributed by atoms with Crippen LogP contribution in [0.25, 0.3) is 0 Å². The summed E-state index contributed by atoms with van der Waals surface area (Å²) in [4.78, 5) is 11.1. The van der Waals surface area contributed by atoms with E-state index in [0.29, 0.717) is 10.6 Å². The third-order valence-corrected chi connectivity index (χ3v) is 3.02. The van der Waals surface area contributed by atoms with E-state index in [4.69, 9.17) is 16.7 Å². The van der Waals surface area contributed by atoms with E-state index in [1.54, 1.807) is 24.3 Å². The first-order valence-corrected chi connectivity index (χ1v) is 6.28. The lowest BCUT2D eigenvalue weighted by molar-refractivity contribution is -0.175. The fourth-order valence-electron chi connectivity index (χ4n) is 1.66. The topological polar surface area (TPSA) is 46.5 Å². The number of aliphatic carboxylic acids is 1. The van der Waals surface area contributed by atoms with Crippen LogP contribution < -0.4 is 0 Å². The minimum Gasteiger partial charge on any atom is -0.481 e. The average Bonchev–Trinajstić information content (AvgIpc) is 2.33. The van der Waals surface area contributed by atoms with Crippen LogP contribution in [0, 0.1) is 5.92 Å². The van der Waals surface area contributed by atoms with E-state index in [2.05, 4.69) is 4.74 Å². The Kier molecular flexibility index (Phi) is 6.29. The molecule has 7 heteroatoms. The lowest BCUT2D eigenvalue weighted by atomic mass is 9.96. The number of ether oxygens (including phenoxy) is 1. The fourth-order valence-corrected chi connectivity index (χ4v) is 1.87. The highest BCUT2D eigenvalue weighted by atomic mass is 35.5. The number of halogens is 4. The summed E-state index contributed by atoms with van der Waals surface area (Å²) < 4.78 is 40.1. The molecule has 3 nitrogen and oxygen atoms in total. The molecule has 0 aliphatic heterocycles. The van der Waals surface area contributed by atoms with Gasteiger partial charge < -0.3 is 9.84 Å². The van der Waals surface area contributed by atoms with Gasteiger partial charge in [-0.3, -0.25) is 4.79 Å². The second-order valence-electron chi connectivity index (χ2n) is 4.29. The molecule has 1 aromatic carbocycles. The van der Waals surface area contributed by atoms with Gasteiger partial charge in [-0.15, -0.1) is 0 Å². The van der Waals surface area contributed by atoms with E-state index in [1.807, 2.05) is 0 Å². The highest BCUT2D eigenvalue weighted by molar-refractivity contribution is 6.31. The second kappa shape index (κ2) is 7.50. The lowest BCUT2D eigenvalue weighted by Crippen LogP contribution is -2.22. The Morgan fingerprint density at radius 1 is 1.35 bits per heavy atom. The van der Waals surface area contributed by atoms with Crippen LogP contribution >= 0.6 is 11.6 Å². The molecule has 0 bridgehead atoms. The van der Waals surface area contributed by atoms with Gasteiger partial charge in [-0.2, -0.15) is 13.2 Å². The highest BCUT2D eigenvalue weighted by Crippen LogP contribution is 2.21. The summed E-state index contributed by atoms with van der Waals surface area (Å²) in [5, 5.41) is 9.50. The van der Waals surface area contributed by atoms with Crippen molar-refractivity contribution in [1.82, 2.24) is 0 Å². The Hall–Kier alpha value is -1.27. The maximum atomic E-state index is 11.9. The largest absolute Gasteiger partial charge is 0.481 e. The van der Waals surface area contributed by atoms with E-state index in [0.717, 1.165) is 0 Å². The van der Waals surface area contributed by atoms with Crippen LogP contribution in [0.4, 0.5) is 13.2 Å². The van der Waals surface area contributed by atoms with Gasteiger partial charge in [-0.05, 0) is 24.5 Å². The van der Waals surface area contributed by atoms with Crippen molar-refractivity contribution in [3.05, 3.63) is 34.9 Å². The summed E-state index contributed by atoms with van der Waals surface area (Å²) in [6, 6.07) is 6.76. The summed E-state index contributed by atoms with van der Waals surface area (Å²) in [7, 11) is 0. The number of carboxylic acids is 1. The van der Waals surface area contributed by atoms with Crippen LogP contribution in [0.3, 0.4) is 0 Å². The first-order chi connectivity index (χ1) is 9.29. The lowest BCUT2D eigenvalue weighted by Gasteiger charge is -2.14. The standard InChI is InChI=1S/C13H14ClF3O3/c14-11-4-2-1-3-9(11)7-10(12(18)19)5-6-20-8-13(15,16)17/h1-4,10H,5-8H2,(H,18,19). The molecule has 0 saturated carbocycles. The Morgan fingerprint density at radius 2 is 2.00 bits per heavy atom. The van der Waals surface area contributed by atoms with Gasteiger partial charge in [0.25, 0.3) is 0 Å². The van der Waals surface area contributed by atoms with Gasteiger partial charge in [0.2, 0.25) is 0 Å². The minimum atomic E-state index is -4.40. The molecular weight excluding hydrogens is 297 g/mol. The molecule has 0 aliphatic rings. The molecule has 112 valence electrons. The van der Waals surface area contributed by atoms with Crippen LogP contribution in [-0.2, 0) is 16.0 Å². The molecule has 1 unspecified atom stereocenters. The smallest absolute Gasteiger partial charge is 0.411 e. The highest BCUT2D eigenvalue weighted by Gasteiger charge is 2.28. The van der Waals surface area contributed by atoms with Gasteiger partial charge in [-0.1, -0.05) is 29.8 Å². The number of carbonyl (C=O) groups is 1. The number of alkyl halides is 3. The van der Waals surface area contributed by atoms with Crippen LogP contribution in [-0.4, -0.2) is 30.5 Å². The first kappa shape index (κ1) is 16.8. The molecule has 0 radical (unpaired) electrons.